The van der Waals surface area contributed by atoms with Crippen LogP contribution in [0.1, 0.15) is 17.0 Å². The van der Waals surface area contributed by atoms with Crippen molar-refractivity contribution in [2.45, 2.75) is 31.7 Å². The summed E-state index contributed by atoms with van der Waals surface area (Å²) in [6.07, 6.45) is 1.59. The maximum absolute atomic E-state index is 5.42. The van der Waals surface area contributed by atoms with Crippen LogP contribution in [0.15, 0.2) is 12.1 Å². The van der Waals surface area contributed by atoms with E-state index in [1.165, 1.54) is 17.0 Å². The third-order valence-electron chi connectivity index (χ3n) is 4.14. The number of fused-ring (bicyclic) bond motifs is 2. The van der Waals surface area contributed by atoms with Gasteiger partial charge in [-0.3, -0.25) is 9.88 Å². The van der Waals surface area contributed by atoms with E-state index in [1.54, 1.807) is 0 Å². The Morgan fingerprint density at radius 2 is 2.47 bits per heavy atom. The van der Waals surface area contributed by atoms with Crippen molar-refractivity contribution in [1.29, 1.82) is 0 Å². The third kappa shape index (κ3) is 1.59. The predicted octanol–water partition coefficient (Wildman–Crippen LogP) is 0.310. The molecule has 0 amide bonds. The quantitative estimate of drug-likeness (QED) is 0.795. The largest absolute Gasteiger partial charge is 0.373 e. The molecule has 4 heterocycles. The monoisotopic (exact) mass is 231 g/mol. The van der Waals surface area contributed by atoms with Crippen LogP contribution in [0.25, 0.3) is 0 Å². The highest BCUT2D eigenvalue weighted by atomic mass is 16.5. The first-order valence-corrected chi connectivity index (χ1v) is 6.44. The Kier molecular flexibility index (Phi) is 2.21. The van der Waals surface area contributed by atoms with Gasteiger partial charge in [-0.25, -0.2) is 0 Å². The Morgan fingerprint density at radius 3 is 3.24 bits per heavy atom. The van der Waals surface area contributed by atoms with Crippen LogP contribution < -0.4 is 5.32 Å². The maximum atomic E-state index is 5.42. The first kappa shape index (κ1) is 10.00. The minimum atomic E-state index is 0.525. The third-order valence-corrected chi connectivity index (χ3v) is 4.14. The van der Waals surface area contributed by atoms with Crippen LogP contribution in [-0.4, -0.2) is 41.7 Å². The SMILES string of the molecule is c1cc2c(nc1CN1CC3OCC31)CCNC2. The van der Waals surface area contributed by atoms with E-state index in [0.717, 1.165) is 39.2 Å². The molecule has 2 fully saturated rings. The number of pyridine rings is 1. The van der Waals surface area contributed by atoms with Gasteiger partial charge in [0.15, 0.2) is 0 Å². The second-order valence-corrected chi connectivity index (χ2v) is 5.20. The van der Waals surface area contributed by atoms with Crippen LogP contribution >= 0.6 is 0 Å². The van der Waals surface area contributed by atoms with Gasteiger partial charge in [0, 0.05) is 38.3 Å². The second kappa shape index (κ2) is 3.77. The molecule has 1 aromatic rings. The second-order valence-electron chi connectivity index (χ2n) is 5.20. The number of rotatable bonds is 2. The van der Waals surface area contributed by atoms with Crippen molar-refractivity contribution < 1.29 is 4.74 Å². The normalized spacial score (nSPS) is 31.1. The molecule has 0 aliphatic carbocycles. The molecule has 0 bridgehead atoms. The molecule has 3 aliphatic heterocycles. The van der Waals surface area contributed by atoms with Crippen molar-refractivity contribution in [2.24, 2.45) is 0 Å². The van der Waals surface area contributed by atoms with Gasteiger partial charge in [0.25, 0.3) is 0 Å². The van der Waals surface area contributed by atoms with E-state index in [4.69, 9.17) is 9.72 Å². The average Bonchev–Trinajstić information content (AvgIpc) is 2.35. The zero-order valence-electron chi connectivity index (χ0n) is 9.85. The van der Waals surface area contributed by atoms with Crippen LogP contribution in [0.3, 0.4) is 0 Å². The molecule has 0 aromatic carbocycles. The number of hydrogen-bond acceptors (Lipinski definition) is 4. The van der Waals surface area contributed by atoms with E-state index in [2.05, 4.69) is 22.3 Å². The highest BCUT2D eigenvalue weighted by Gasteiger charge is 2.46. The van der Waals surface area contributed by atoms with Crippen LogP contribution in [0.2, 0.25) is 0 Å². The number of likely N-dealkylation sites (tertiary alicyclic amines) is 1. The molecular formula is C13H17N3O. The van der Waals surface area contributed by atoms with Crippen LogP contribution in [0.4, 0.5) is 0 Å². The summed E-state index contributed by atoms with van der Waals surface area (Å²) >= 11 is 0. The van der Waals surface area contributed by atoms with Gasteiger partial charge < -0.3 is 10.1 Å². The molecule has 2 atom stereocenters. The molecule has 0 radical (unpaired) electrons. The zero-order valence-corrected chi connectivity index (χ0v) is 9.85. The highest BCUT2D eigenvalue weighted by molar-refractivity contribution is 5.25. The minimum Gasteiger partial charge on any atom is -0.373 e. The lowest BCUT2D eigenvalue weighted by atomic mass is 9.94. The fourth-order valence-corrected chi connectivity index (χ4v) is 2.92. The fraction of sp³-hybridized carbons (Fsp3) is 0.615. The average molecular weight is 231 g/mol. The van der Waals surface area contributed by atoms with E-state index in [-0.39, 0.29) is 0 Å². The number of hydrogen-bond donors (Lipinski definition) is 1. The van der Waals surface area contributed by atoms with Gasteiger partial charge >= 0.3 is 0 Å². The van der Waals surface area contributed by atoms with Gasteiger partial charge in [-0.1, -0.05) is 6.07 Å². The topological polar surface area (TPSA) is 37.4 Å². The Morgan fingerprint density at radius 1 is 1.47 bits per heavy atom. The molecule has 2 unspecified atom stereocenters. The summed E-state index contributed by atoms with van der Waals surface area (Å²) < 4.78 is 5.42. The Labute approximate surface area is 101 Å². The van der Waals surface area contributed by atoms with Gasteiger partial charge in [0.1, 0.15) is 0 Å². The van der Waals surface area contributed by atoms with Crippen molar-refractivity contribution in [3.8, 4) is 0 Å². The van der Waals surface area contributed by atoms with E-state index < -0.39 is 0 Å². The van der Waals surface area contributed by atoms with Gasteiger partial charge in [0.05, 0.1) is 24.4 Å². The Bertz CT molecular complexity index is 448. The molecule has 0 spiro atoms. The standard InChI is InChI=1S/C13H17N3O/c1-2-10(6-16-7-13-12(16)8-17-13)15-11-3-4-14-5-9(1)11/h1-2,12-14H,3-8H2. The molecular weight excluding hydrogens is 214 g/mol. The van der Waals surface area contributed by atoms with Crippen LogP contribution in [0, 0.1) is 0 Å². The molecule has 2 saturated heterocycles. The van der Waals surface area contributed by atoms with E-state index in [0.29, 0.717) is 12.1 Å². The van der Waals surface area contributed by atoms with Gasteiger partial charge in [-0.2, -0.15) is 0 Å². The molecule has 4 rings (SSSR count). The summed E-state index contributed by atoms with van der Waals surface area (Å²) in [5.41, 5.74) is 3.88. The Hall–Kier alpha value is -0.970. The van der Waals surface area contributed by atoms with E-state index in [9.17, 15) is 0 Å². The molecule has 4 heteroatoms. The summed E-state index contributed by atoms with van der Waals surface area (Å²) in [7, 11) is 0. The lowest BCUT2D eigenvalue weighted by molar-refractivity contribution is -0.217. The van der Waals surface area contributed by atoms with E-state index in [1.807, 2.05) is 0 Å². The lowest BCUT2D eigenvalue weighted by Gasteiger charge is -2.54. The summed E-state index contributed by atoms with van der Waals surface area (Å²) in [5.74, 6) is 0. The molecule has 0 saturated carbocycles. The molecule has 4 nitrogen and oxygen atoms in total. The van der Waals surface area contributed by atoms with Gasteiger partial charge in [-0.05, 0) is 11.6 Å². The summed E-state index contributed by atoms with van der Waals surface area (Å²) in [6, 6.07) is 5.09. The van der Waals surface area contributed by atoms with Crippen LogP contribution in [-0.2, 0) is 24.2 Å². The lowest BCUT2D eigenvalue weighted by Crippen LogP contribution is -2.69. The van der Waals surface area contributed by atoms with Crippen LogP contribution in [0.5, 0.6) is 0 Å². The minimum absolute atomic E-state index is 0.525. The van der Waals surface area contributed by atoms with Crippen molar-refractivity contribution in [3.63, 3.8) is 0 Å². The molecule has 1 N–H and O–H groups in total. The summed E-state index contributed by atoms with van der Waals surface area (Å²) in [6.45, 7) is 5.03. The predicted molar refractivity (Wildman–Crippen MR) is 63.6 cm³/mol. The smallest absolute Gasteiger partial charge is 0.0880 e. The van der Waals surface area contributed by atoms with Gasteiger partial charge in [-0.15, -0.1) is 0 Å². The summed E-state index contributed by atoms with van der Waals surface area (Å²) in [4.78, 5) is 7.27. The highest BCUT2D eigenvalue weighted by Crippen LogP contribution is 2.31. The van der Waals surface area contributed by atoms with E-state index >= 15 is 0 Å². The first-order chi connectivity index (χ1) is 8.40. The maximum Gasteiger partial charge on any atom is 0.0880 e. The number of morpholine rings is 1. The molecule has 90 valence electrons. The van der Waals surface area contributed by atoms with Gasteiger partial charge in [0.2, 0.25) is 0 Å². The molecule has 1 aromatic heterocycles. The van der Waals surface area contributed by atoms with Crippen molar-refractivity contribution in [3.05, 3.63) is 29.1 Å². The number of aromatic nitrogens is 1. The number of ether oxygens (including phenoxy) is 1. The summed E-state index contributed by atoms with van der Waals surface area (Å²) in [5, 5.41) is 3.38. The van der Waals surface area contributed by atoms with Crippen molar-refractivity contribution >= 4 is 0 Å². The number of nitrogens with one attached hydrogen (secondary N) is 1. The van der Waals surface area contributed by atoms with Crippen molar-refractivity contribution in [2.75, 3.05) is 19.7 Å². The fourth-order valence-electron chi connectivity index (χ4n) is 2.92. The molecule has 17 heavy (non-hydrogen) atoms. The zero-order chi connectivity index (χ0) is 11.2. The number of nitrogens with zero attached hydrogens (tertiary/aromatic N) is 2. The first-order valence-electron chi connectivity index (χ1n) is 6.44. The molecule has 3 aliphatic rings. The van der Waals surface area contributed by atoms with Crippen molar-refractivity contribution in [1.82, 2.24) is 15.2 Å². The Balaban J connectivity index is 1.50.